The van der Waals surface area contributed by atoms with Crippen molar-refractivity contribution in [2.45, 2.75) is 89.1 Å². The fraction of sp³-hybridized carbons (Fsp3) is 0.730. The van der Waals surface area contributed by atoms with Gasteiger partial charge in [0.2, 0.25) is 35.4 Å². The molecule has 1 heterocycles. The van der Waals surface area contributed by atoms with E-state index >= 15 is 0 Å². The van der Waals surface area contributed by atoms with Crippen molar-refractivity contribution in [2.75, 3.05) is 79.0 Å². The second-order valence-corrected chi connectivity index (χ2v) is 14.6. The summed E-state index contributed by atoms with van der Waals surface area (Å²) in [6.07, 6.45) is -3.17. The zero-order chi connectivity index (χ0) is 48.7. The lowest BCUT2D eigenvalue weighted by atomic mass is 10.0. The van der Waals surface area contributed by atoms with E-state index in [4.69, 9.17) is 24.1 Å². The molecule has 0 fully saturated rings. The average Bonchev–Trinajstić information content (AvgIpc) is 3.75. The summed E-state index contributed by atoms with van der Waals surface area (Å²) >= 11 is 0. The van der Waals surface area contributed by atoms with Crippen LogP contribution < -0.4 is 42.6 Å². The van der Waals surface area contributed by atoms with Gasteiger partial charge in [0, 0.05) is 19.5 Å². The number of hydrogen-bond donors (Lipinski definition) is 12. The van der Waals surface area contributed by atoms with Crippen LogP contribution in [0.1, 0.15) is 52.9 Å². The maximum absolute atomic E-state index is 13.5. The monoisotopic (exact) mass is 934 g/mol. The van der Waals surface area contributed by atoms with Crippen LogP contribution in [0.5, 0.6) is 0 Å². The summed E-state index contributed by atoms with van der Waals surface area (Å²) in [7, 11) is 0. The Morgan fingerprint density at radius 3 is 1.62 bits per heavy atom. The molecule has 28 nitrogen and oxygen atoms in total. The fourth-order valence-electron chi connectivity index (χ4n) is 5.35. The van der Waals surface area contributed by atoms with Crippen molar-refractivity contribution >= 4 is 59.3 Å². The Kier molecular flexibility index (Phi) is 28.5. The Hall–Kier alpha value is -6.10. The Morgan fingerprint density at radius 2 is 1.09 bits per heavy atom. The van der Waals surface area contributed by atoms with Crippen molar-refractivity contribution < 1.29 is 87.3 Å². The third-order valence-electron chi connectivity index (χ3n) is 8.73. The van der Waals surface area contributed by atoms with Gasteiger partial charge in [0.1, 0.15) is 30.2 Å². The molecule has 0 aromatic carbocycles. The van der Waals surface area contributed by atoms with Gasteiger partial charge in [-0.05, 0) is 19.3 Å². The van der Waals surface area contributed by atoms with E-state index in [1.165, 1.54) is 20.8 Å². The van der Waals surface area contributed by atoms with E-state index in [2.05, 4.69) is 53.0 Å². The van der Waals surface area contributed by atoms with Crippen molar-refractivity contribution in [1.29, 1.82) is 0 Å². The Bertz CT molecular complexity index is 1610. The van der Waals surface area contributed by atoms with Crippen LogP contribution in [-0.4, -0.2) is 195 Å². The SMILES string of the molecule is CC(C)[C@H](NC(=O)[C@H](CCC(=O)O)NC(=O)[C@H](CC(=O)O)NC(=O)CNCC1CN=NN1)C(=O)N[C@@H](CC(=O)O)C(=O)N[C@@H](C)C(=O)NCCOCCOCCOCCOCCC(=O)O. The van der Waals surface area contributed by atoms with Crippen molar-refractivity contribution in [3.63, 3.8) is 0 Å². The van der Waals surface area contributed by atoms with E-state index in [0.29, 0.717) is 6.54 Å². The number of carbonyl (C=O) groups excluding carboxylic acids is 6. The number of carbonyl (C=O) groups is 10. The Labute approximate surface area is 373 Å². The first kappa shape index (κ1) is 56.9. The molecule has 65 heavy (non-hydrogen) atoms. The molecular formula is C37H62N10O18. The van der Waals surface area contributed by atoms with Crippen molar-refractivity contribution in [2.24, 2.45) is 16.3 Å². The minimum absolute atomic E-state index is 0.0303. The molecule has 6 amide bonds. The molecule has 0 bridgehead atoms. The van der Waals surface area contributed by atoms with Gasteiger partial charge < -0.3 is 76.6 Å². The number of ether oxygens (including phenoxy) is 4. The molecule has 1 unspecified atom stereocenters. The van der Waals surface area contributed by atoms with Crippen LogP contribution in [0.4, 0.5) is 0 Å². The minimum atomic E-state index is -1.75. The molecule has 0 spiro atoms. The van der Waals surface area contributed by atoms with E-state index in [9.17, 15) is 63.3 Å². The number of aliphatic carboxylic acids is 4. The summed E-state index contributed by atoms with van der Waals surface area (Å²) in [4.78, 5) is 124. The normalized spacial score (nSPS) is 15.3. The van der Waals surface area contributed by atoms with Crippen LogP contribution in [0.2, 0.25) is 0 Å². The van der Waals surface area contributed by atoms with Gasteiger partial charge in [0.25, 0.3) is 0 Å². The van der Waals surface area contributed by atoms with Gasteiger partial charge in [-0.15, -0.1) is 0 Å². The van der Waals surface area contributed by atoms with E-state index < -0.39 is 121 Å². The van der Waals surface area contributed by atoms with Crippen LogP contribution in [-0.2, 0) is 66.9 Å². The molecule has 6 atom stereocenters. The fourth-order valence-corrected chi connectivity index (χ4v) is 5.35. The highest BCUT2D eigenvalue weighted by molar-refractivity contribution is 5.98. The summed E-state index contributed by atoms with van der Waals surface area (Å²) in [5.74, 6) is -11.9. The van der Waals surface area contributed by atoms with Crippen molar-refractivity contribution in [3.05, 3.63) is 0 Å². The van der Waals surface area contributed by atoms with E-state index in [-0.39, 0.29) is 85.0 Å². The van der Waals surface area contributed by atoms with Crippen LogP contribution in [0, 0.1) is 5.92 Å². The Balaban J connectivity index is 2.75. The van der Waals surface area contributed by atoms with Gasteiger partial charge in [-0.3, -0.25) is 53.4 Å². The predicted molar refractivity (Wildman–Crippen MR) is 220 cm³/mol. The standard InChI is InChI=1S/C37H62N10O18/c1-21(2)32(45-34(58)24(4-5-28(49)50)43-36(60)25(16-30(53)54)42-27(48)20-38-18-23-19-40-47-46-23)37(61)44-26(17-31(55)56)35(59)41-22(3)33(57)39-7-9-63-11-13-65-15-14-64-12-10-62-8-6-29(51)52/h21-26,32,38H,4-20H2,1-3H3,(H,39,57)(H,40,46)(H,41,59)(H,42,48)(H,43,60)(H,44,61)(H,45,58)(H,49,50)(H,51,52)(H,53,54)(H,55,56)/t22-,23?,24-,25-,26-,32-/m0/s1. The number of rotatable bonds is 37. The minimum Gasteiger partial charge on any atom is -0.481 e. The summed E-state index contributed by atoms with van der Waals surface area (Å²) in [5.41, 5.74) is 2.69. The number of hydrogen-bond acceptors (Lipinski definition) is 18. The molecule has 0 radical (unpaired) electrons. The molecule has 1 aliphatic heterocycles. The molecule has 1 aliphatic rings. The molecule has 28 heteroatoms. The van der Waals surface area contributed by atoms with Gasteiger partial charge in [-0.1, -0.05) is 19.1 Å². The number of carboxylic acid groups (broad SMARTS) is 4. The van der Waals surface area contributed by atoms with Gasteiger partial charge in [0.05, 0.1) is 91.2 Å². The van der Waals surface area contributed by atoms with Crippen LogP contribution in [0.3, 0.4) is 0 Å². The van der Waals surface area contributed by atoms with E-state index in [0.717, 1.165) is 0 Å². The first-order chi connectivity index (χ1) is 30.8. The lowest BCUT2D eigenvalue weighted by Gasteiger charge is -2.28. The van der Waals surface area contributed by atoms with E-state index in [1.54, 1.807) is 0 Å². The van der Waals surface area contributed by atoms with Gasteiger partial charge in [0.15, 0.2) is 0 Å². The lowest BCUT2D eigenvalue weighted by Crippen LogP contribution is -2.60. The highest BCUT2D eigenvalue weighted by atomic mass is 16.6. The number of amides is 6. The molecule has 12 N–H and O–H groups in total. The zero-order valence-electron chi connectivity index (χ0n) is 36.5. The van der Waals surface area contributed by atoms with Crippen molar-refractivity contribution in [1.82, 2.24) is 42.6 Å². The molecule has 1 rings (SSSR count). The van der Waals surface area contributed by atoms with E-state index in [1.807, 2.05) is 0 Å². The van der Waals surface area contributed by atoms with Crippen molar-refractivity contribution in [3.8, 4) is 0 Å². The maximum atomic E-state index is 13.5. The highest BCUT2D eigenvalue weighted by Crippen LogP contribution is 2.08. The zero-order valence-corrected chi connectivity index (χ0v) is 36.5. The summed E-state index contributed by atoms with van der Waals surface area (Å²) in [6.45, 7) is 6.22. The molecule has 0 aromatic heterocycles. The first-order valence-corrected chi connectivity index (χ1v) is 20.6. The molecule has 0 aromatic rings. The van der Waals surface area contributed by atoms with Crippen LogP contribution in [0.15, 0.2) is 10.3 Å². The average molecular weight is 935 g/mol. The summed E-state index contributed by atoms with van der Waals surface area (Å²) < 4.78 is 21.1. The lowest BCUT2D eigenvalue weighted by molar-refractivity contribution is -0.142. The Morgan fingerprint density at radius 1 is 0.585 bits per heavy atom. The highest BCUT2D eigenvalue weighted by Gasteiger charge is 2.34. The second kappa shape index (κ2) is 32.5. The van der Waals surface area contributed by atoms with Crippen LogP contribution in [0.25, 0.3) is 0 Å². The quantitative estimate of drug-likeness (QED) is 0.0261. The van der Waals surface area contributed by atoms with Gasteiger partial charge in [-0.25, -0.2) is 0 Å². The summed E-state index contributed by atoms with van der Waals surface area (Å²) in [5, 5.41) is 60.8. The molecule has 0 saturated heterocycles. The summed E-state index contributed by atoms with van der Waals surface area (Å²) in [6, 6.07) is -8.06. The topological polar surface area (TPSA) is 410 Å². The smallest absolute Gasteiger partial charge is 0.305 e. The van der Waals surface area contributed by atoms with Gasteiger partial charge in [-0.2, -0.15) is 5.11 Å². The largest absolute Gasteiger partial charge is 0.481 e. The third kappa shape index (κ3) is 27.0. The third-order valence-corrected chi connectivity index (χ3v) is 8.73. The molecule has 0 saturated carbocycles. The maximum Gasteiger partial charge on any atom is 0.305 e. The molecule has 0 aliphatic carbocycles. The van der Waals surface area contributed by atoms with Gasteiger partial charge >= 0.3 is 23.9 Å². The first-order valence-electron chi connectivity index (χ1n) is 20.6. The number of nitrogens with one attached hydrogen (secondary N) is 8. The predicted octanol–water partition coefficient (Wildman–Crippen LogP) is -4.51. The number of carboxylic acids is 4. The molecule has 368 valence electrons. The van der Waals surface area contributed by atoms with Crippen LogP contribution >= 0.6 is 0 Å². The number of nitrogens with zero attached hydrogens (tertiary/aromatic N) is 2. The second-order valence-electron chi connectivity index (χ2n) is 14.6. The molecular weight excluding hydrogens is 872 g/mol.